The van der Waals surface area contributed by atoms with Crippen molar-refractivity contribution < 1.29 is 9.53 Å². The van der Waals surface area contributed by atoms with Gasteiger partial charge in [0.25, 0.3) is 0 Å². The highest BCUT2D eigenvalue weighted by atomic mass is 16.5. The largest absolute Gasteiger partial charge is 0.469 e. The Morgan fingerprint density at radius 3 is 2.75 bits per heavy atom. The zero-order chi connectivity index (χ0) is 11.8. The Bertz CT molecular complexity index is 416. The van der Waals surface area contributed by atoms with E-state index in [2.05, 4.69) is 9.73 Å². The average Bonchev–Trinajstić information content (AvgIpc) is 2.35. The van der Waals surface area contributed by atoms with Gasteiger partial charge in [0.05, 0.1) is 25.2 Å². The molecule has 0 spiro atoms. The zero-order valence-corrected chi connectivity index (χ0v) is 9.01. The van der Waals surface area contributed by atoms with E-state index in [1.54, 1.807) is 30.5 Å². The fourth-order valence-electron chi connectivity index (χ4n) is 1.07. The minimum absolute atomic E-state index is 0.267. The van der Waals surface area contributed by atoms with Crippen LogP contribution in [0.15, 0.2) is 29.3 Å². The fourth-order valence-corrected chi connectivity index (χ4v) is 1.07. The molecule has 16 heavy (non-hydrogen) atoms. The second-order valence-corrected chi connectivity index (χ2v) is 3.10. The second kappa shape index (κ2) is 6.36. The number of aliphatic imine (C=N–C) groups is 1. The molecule has 0 aliphatic rings. The number of hydrogen-bond acceptors (Lipinski definition) is 4. The van der Waals surface area contributed by atoms with Crippen molar-refractivity contribution in [2.24, 2.45) is 4.99 Å². The fraction of sp³-hybridized carbons (Fsp3) is 0.250. The molecule has 1 rings (SSSR count). The molecule has 0 heterocycles. The van der Waals surface area contributed by atoms with Gasteiger partial charge in [0.2, 0.25) is 0 Å². The summed E-state index contributed by atoms with van der Waals surface area (Å²) in [5.74, 6) is -0.267. The van der Waals surface area contributed by atoms with E-state index in [9.17, 15) is 4.79 Å². The number of methoxy groups -OCH3 is 1. The van der Waals surface area contributed by atoms with Gasteiger partial charge in [0, 0.05) is 12.8 Å². The Kier molecular flexibility index (Phi) is 4.74. The Balaban J connectivity index is 2.44. The molecule has 0 atom stereocenters. The van der Waals surface area contributed by atoms with E-state index in [4.69, 9.17) is 5.26 Å². The van der Waals surface area contributed by atoms with Crippen LogP contribution >= 0.6 is 0 Å². The Morgan fingerprint density at radius 1 is 1.50 bits per heavy atom. The van der Waals surface area contributed by atoms with Gasteiger partial charge in [-0.25, -0.2) is 0 Å². The van der Waals surface area contributed by atoms with E-state index in [1.807, 2.05) is 6.07 Å². The molecule has 1 aromatic carbocycles. The number of ether oxygens (including phenoxy) is 1. The van der Waals surface area contributed by atoms with Gasteiger partial charge in [-0.2, -0.15) is 5.26 Å². The standard InChI is InChI=1S/C12H12N2O2/c1-16-12(15)6-7-14-9-11-4-2-10(8-13)3-5-11/h2-5,9H,6-7H2,1H3. The number of carbonyl (C=O) groups is 1. The Morgan fingerprint density at radius 2 is 2.19 bits per heavy atom. The lowest BCUT2D eigenvalue weighted by Crippen LogP contribution is -2.01. The van der Waals surface area contributed by atoms with Gasteiger partial charge in [-0.15, -0.1) is 0 Å². The van der Waals surface area contributed by atoms with Crippen LogP contribution < -0.4 is 0 Å². The van der Waals surface area contributed by atoms with Gasteiger partial charge in [-0.1, -0.05) is 12.1 Å². The van der Waals surface area contributed by atoms with E-state index >= 15 is 0 Å². The van der Waals surface area contributed by atoms with Crippen molar-refractivity contribution in [1.29, 1.82) is 5.26 Å². The second-order valence-electron chi connectivity index (χ2n) is 3.10. The average molecular weight is 216 g/mol. The van der Waals surface area contributed by atoms with Gasteiger partial charge in [0.15, 0.2) is 0 Å². The third kappa shape index (κ3) is 3.93. The molecule has 0 aliphatic heterocycles. The molecule has 0 saturated carbocycles. The maximum Gasteiger partial charge on any atom is 0.307 e. The number of benzene rings is 1. The first-order valence-electron chi connectivity index (χ1n) is 4.83. The summed E-state index contributed by atoms with van der Waals surface area (Å²) < 4.78 is 4.48. The highest BCUT2D eigenvalue weighted by Crippen LogP contribution is 2.00. The lowest BCUT2D eigenvalue weighted by molar-refractivity contribution is -0.140. The van der Waals surface area contributed by atoms with E-state index in [0.717, 1.165) is 5.56 Å². The molecule has 0 saturated heterocycles. The summed E-state index contributed by atoms with van der Waals surface area (Å²) in [4.78, 5) is 14.9. The number of nitrogens with zero attached hydrogens (tertiary/aromatic N) is 2. The van der Waals surface area contributed by atoms with Crippen molar-refractivity contribution in [2.45, 2.75) is 6.42 Å². The van der Waals surface area contributed by atoms with Gasteiger partial charge < -0.3 is 4.74 Å². The number of rotatable bonds is 4. The molecule has 0 unspecified atom stereocenters. The summed E-state index contributed by atoms with van der Waals surface area (Å²) in [6, 6.07) is 9.10. The molecule has 0 aliphatic carbocycles. The number of nitriles is 1. The van der Waals surface area contributed by atoms with Crippen molar-refractivity contribution in [2.75, 3.05) is 13.7 Å². The van der Waals surface area contributed by atoms with Crippen molar-refractivity contribution in [3.05, 3.63) is 35.4 Å². The lowest BCUT2D eigenvalue weighted by Gasteiger charge is -1.95. The minimum atomic E-state index is -0.267. The summed E-state index contributed by atoms with van der Waals surface area (Å²) in [6.07, 6.45) is 1.95. The molecular formula is C12H12N2O2. The molecule has 0 fully saturated rings. The van der Waals surface area contributed by atoms with Crippen LogP contribution in [-0.4, -0.2) is 25.8 Å². The van der Waals surface area contributed by atoms with Crippen LogP contribution in [0.25, 0.3) is 0 Å². The van der Waals surface area contributed by atoms with Crippen LogP contribution in [0.4, 0.5) is 0 Å². The summed E-state index contributed by atoms with van der Waals surface area (Å²) >= 11 is 0. The van der Waals surface area contributed by atoms with Crippen molar-refractivity contribution in [3.8, 4) is 6.07 Å². The molecule has 0 amide bonds. The highest BCUT2D eigenvalue weighted by Gasteiger charge is 1.96. The Labute approximate surface area is 94.2 Å². The number of hydrogen-bond donors (Lipinski definition) is 0. The topological polar surface area (TPSA) is 62.4 Å². The lowest BCUT2D eigenvalue weighted by atomic mass is 10.2. The van der Waals surface area contributed by atoms with E-state index in [0.29, 0.717) is 12.1 Å². The van der Waals surface area contributed by atoms with Gasteiger partial charge in [-0.05, 0) is 17.7 Å². The van der Waals surface area contributed by atoms with E-state index < -0.39 is 0 Å². The first kappa shape index (κ1) is 11.9. The zero-order valence-electron chi connectivity index (χ0n) is 9.01. The molecule has 1 aromatic rings. The smallest absolute Gasteiger partial charge is 0.307 e. The van der Waals surface area contributed by atoms with Crippen molar-refractivity contribution >= 4 is 12.2 Å². The molecule has 0 aromatic heterocycles. The molecule has 82 valence electrons. The third-order valence-corrected chi connectivity index (χ3v) is 1.95. The molecule has 4 heteroatoms. The summed E-state index contributed by atoms with van der Waals surface area (Å²) in [5.41, 5.74) is 1.52. The highest BCUT2D eigenvalue weighted by molar-refractivity contribution is 5.80. The predicted molar refractivity (Wildman–Crippen MR) is 60.3 cm³/mol. The van der Waals surface area contributed by atoms with Crippen LogP contribution in [0.3, 0.4) is 0 Å². The van der Waals surface area contributed by atoms with E-state index in [-0.39, 0.29) is 12.4 Å². The first-order valence-corrected chi connectivity index (χ1v) is 4.83. The van der Waals surface area contributed by atoms with Crippen LogP contribution in [-0.2, 0) is 9.53 Å². The summed E-state index contributed by atoms with van der Waals surface area (Å²) in [7, 11) is 1.35. The summed E-state index contributed by atoms with van der Waals surface area (Å²) in [6.45, 7) is 0.409. The first-order chi connectivity index (χ1) is 7.76. The molecule has 4 nitrogen and oxygen atoms in total. The number of carbonyl (C=O) groups excluding carboxylic acids is 1. The third-order valence-electron chi connectivity index (χ3n) is 1.95. The van der Waals surface area contributed by atoms with Crippen LogP contribution in [0.2, 0.25) is 0 Å². The maximum atomic E-state index is 10.8. The van der Waals surface area contributed by atoms with Crippen LogP contribution in [0, 0.1) is 11.3 Å². The van der Waals surface area contributed by atoms with Gasteiger partial charge in [0.1, 0.15) is 0 Å². The normalized spacial score (nSPS) is 10.0. The molecule has 0 N–H and O–H groups in total. The quantitative estimate of drug-likeness (QED) is 0.566. The minimum Gasteiger partial charge on any atom is -0.469 e. The van der Waals surface area contributed by atoms with Crippen LogP contribution in [0.1, 0.15) is 17.5 Å². The van der Waals surface area contributed by atoms with E-state index in [1.165, 1.54) is 7.11 Å². The molecule has 0 bridgehead atoms. The monoisotopic (exact) mass is 216 g/mol. The maximum absolute atomic E-state index is 10.8. The van der Waals surface area contributed by atoms with Gasteiger partial charge in [-0.3, -0.25) is 9.79 Å². The number of esters is 1. The van der Waals surface area contributed by atoms with Crippen molar-refractivity contribution in [3.63, 3.8) is 0 Å². The SMILES string of the molecule is COC(=O)CCN=Cc1ccc(C#N)cc1. The van der Waals surface area contributed by atoms with Gasteiger partial charge >= 0.3 is 5.97 Å². The summed E-state index contributed by atoms with van der Waals surface area (Å²) in [5, 5.41) is 8.60. The Hall–Kier alpha value is -2.15. The van der Waals surface area contributed by atoms with Crippen LogP contribution in [0.5, 0.6) is 0 Å². The molecule has 0 radical (unpaired) electrons. The molecular weight excluding hydrogens is 204 g/mol. The predicted octanol–water partition coefficient (Wildman–Crippen LogP) is 1.54. The van der Waals surface area contributed by atoms with Crippen molar-refractivity contribution in [1.82, 2.24) is 0 Å².